The highest BCUT2D eigenvalue weighted by molar-refractivity contribution is 5.83. The van der Waals surface area contributed by atoms with Gasteiger partial charge in [0.2, 0.25) is 0 Å². The van der Waals surface area contributed by atoms with Gasteiger partial charge in [-0.05, 0) is 56.3 Å². The Bertz CT molecular complexity index is 902. The topological polar surface area (TPSA) is 73.5 Å². The summed E-state index contributed by atoms with van der Waals surface area (Å²) in [5, 5.41) is 4.83. The molecular weight excluding hydrogens is 356 g/mol. The van der Waals surface area contributed by atoms with Crippen LogP contribution in [0.2, 0.25) is 0 Å². The van der Waals surface area contributed by atoms with Crippen molar-refractivity contribution in [3.05, 3.63) is 36.3 Å². The molecule has 4 rings (SSSR count). The van der Waals surface area contributed by atoms with Crippen LogP contribution >= 0.6 is 0 Å². The number of benzene rings is 1. The summed E-state index contributed by atoms with van der Waals surface area (Å²) in [5.41, 5.74) is 1.64. The van der Waals surface area contributed by atoms with Gasteiger partial charge in [-0.3, -0.25) is 4.98 Å². The molecule has 1 saturated heterocycles. The third-order valence-corrected chi connectivity index (χ3v) is 5.19. The van der Waals surface area contributed by atoms with E-state index in [0.717, 1.165) is 55.0 Å². The van der Waals surface area contributed by atoms with Gasteiger partial charge in [0.05, 0.1) is 36.7 Å². The Hall–Kier alpha value is -2.83. The van der Waals surface area contributed by atoms with Crippen LogP contribution in [0.3, 0.4) is 0 Å². The molecule has 0 aliphatic carbocycles. The van der Waals surface area contributed by atoms with Crippen molar-refractivity contribution in [1.82, 2.24) is 15.1 Å². The Labute approximate surface area is 164 Å². The molecule has 148 valence electrons. The Morgan fingerprint density at radius 1 is 1.14 bits per heavy atom. The molecule has 0 spiro atoms. The van der Waals surface area contributed by atoms with Gasteiger partial charge in [0.15, 0.2) is 5.58 Å². The molecule has 0 amide bonds. The average molecular weight is 382 g/mol. The lowest BCUT2D eigenvalue weighted by Crippen LogP contribution is -2.34. The van der Waals surface area contributed by atoms with Gasteiger partial charge in [0, 0.05) is 19.2 Å². The van der Waals surface area contributed by atoms with Crippen LogP contribution in [0.5, 0.6) is 11.6 Å². The largest absolute Gasteiger partial charge is 0.493 e. The molecule has 28 heavy (non-hydrogen) atoms. The second-order valence-electron chi connectivity index (χ2n) is 7.16. The zero-order valence-electron chi connectivity index (χ0n) is 16.4. The van der Waals surface area contributed by atoms with E-state index in [4.69, 9.17) is 14.0 Å². The number of anilines is 1. The number of ether oxygens (including phenoxy) is 2. The standard InChI is InChI=1S/C21H26N4O3/c1-3-26-21-18-5-4-17(12-19(18)28-24-21)27-11-8-16-6-9-25(10-7-16)20-14-22-15(2)13-23-20/h4-5,12-14,16H,3,6-11H2,1-2H3. The Balaban J connectivity index is 1.24. The van der Waals surface area contributed by atoms with E-state index in [0.29, 0.717) is 30.6 Å². The zero-order chi connectivity index (χ0) is 19.3. The number of aryl methyl sites for hydroxylation is 1. The van der Waals surface area contributed by atoms with Crippen molar-refractivity contribution in [2.75, 3.05) is 31.2 Å². The van der Waals surface area contributed by atoms with Crippen LogP contribution in [0.15, 0.2) is 35.1 Å². The molecule has 3 heterocycles. The first-order valence-electron chi connectivity index (χ1n) is 9.91. The lowest BCUT2D eigenvalue weighted by atomic mass is 9.94. The first-order valence-corrected chi connectivity index (χ1v) is 9.91. The molecule has 7 nitrogen and oxygen atoms in total. The summed E-state index contributed by atoms with van der Waals surface area (Å²) in [4.78, 5) is 11.1. The quantitative estimate of drug-likeness (QED) is 0.611. The molecule has 0 bridgehead atoms. The normalized spacial score (nSPS) is 15.1. The van der Waals surface area contributed by atoms with Crippen LogP contribution in [-0.2, 0) is 0 Å². The Morgan fingerprint density at radius 2 is 2.00 bits per heavy atom. The van der Waals surface area contributed by atoms with Crippen molar-refractivity contribution in [2.24, 2.45) is 5.92 Å². The monoisotopic (exact) mass is 382 g/mol. The molecule has 0 radical (unpaired) electrons. The molecule has 1 aromatic carbocycles. The van der Waals surface area contributed by atoms with E-state index in [1.807, 2.05) is 44.4 Å². The van der Waals surface area contributed by atoms with Crippen LogP contribution in [0.1, 0.15) is 31.9 Å². The highest BCUT2D eigenvalue weighted by Crippen LogP contribution is 2.29. The van der Waals surface area contributed by atoms with E-state index < -0.39 is 0 Å². The minimum absolute atomic E-state index is 0.536. The summed E-state index contributed by atoms with van der Waals surface area (Å²) in [6.07, 6.45) is 7.05. The molecule has 0 saturated carbocycles. The van der Waals surface area contributed by atoms with Crippen molar-refractivity contribution >= 4 is 16.8 Å². The van der Waals surface area contributed by atoms with Crippen molar-refractivity contribution < 1.29 is 14.0 Å². The number of hydrogen-bond donors (Lipinski definition) is 0. The minimum atomic E-state index is 0.536. The molecule has 7 heteroatoms. The first kappa shape index (κ1) is 18.5. The Morgan fingerprint density at radius 3 is 2.75 bits per heavy atom. The number of aromatic nitrogens is 3. The molecule has 1 aliphatic rings. The summed E-state index contributed by atoms with van der Waals surface area (Å²) < 4.78 is 16.7. The third-order valence-electron chi connectivity index (χ3n) is 5.19. The fourth-order valence-electron chi connectivity index (χ4n) is 3.57. The third kappa shape index (κ3) is 4.18. The van der Waals surface area contributed by atoms with Crippen molar-refractivity contribution in [3.63, 3.8) is 0 Å². The highest BCUT2D eigenvalue weighted by Gasteiger charge is 2.20. The van der Waals surface area contributed by atoms with Gasteiger partial charge in [-0.25, -0.2) is 4.98 Å². The number of fused-ring (bicyclic) bond motifs is 1. The fourth-order valence-corrected chi connectivity index (χ4v) is 3.57. The van der Waals surface area contributed by atoms with Gasteiger partial charge in [0.25, 0.3) is 5.88 Å². The molecule has 1 fully saturated rings. The summed E-state index contributed by atoms with van der Waals surface area (Å²) in [6.45, 7) is 7.19. The predicted molar refractivity (Wildman–Crippen MR) is 107 cm³/mol. The maximum atomic E-state index is 5.95. The average Bonchev–Trinajstić information content (AvgIpc) is 3.12. The van der Waals surface area contributed by atoms with E-state index in [1.165, 1.54) is 0 Å². The molecule has 3 aromatic rings. The van der Waals surface area contributed by atoms with E-state index >= 15 is 0 Å². The second-order valence-corrected chi connectivity index (χ2v) is 7.16. The van der Waals surface area contributed by atoms with Crippen molar-refractivity contribution in [2.45, 2.75) is 33.1 Å². The van der Waals surface area contributed by atoms with E-state index in [9.17, 15) is 0 Å². The summed E-state index contributed by atoms with van der Waals surface area (Å²) in [5.74, 6) is 2.99. The SMILES string of the molecule is CCOc1noc2cc(OCCC3CCN(c4cnc(C)cn4)CC3)ccc12. The summed E-state index contributed by atoms with van der Waals surface area (Å²) in [6, 6.07) is 5.76. The summed E-state index contributed by atoms with van der Waals surface area (Å²) >= 11 is 0. The number of rotatable bonds is 7. The lowest BCUT2D eigenvalue weighted by Gasteiger charge is -2.32. The number of nitrogens with zero attached hydrogens (tertiary/aromatic N) is 4. The van der Waals surface area contributed by atoms with Crippen LogP contribution in [0.4, 0.5) is 5.82 Å². The first-order chi connectivity index (χ1) is 13.7. The van der Waals surface area contributed by atoms with Crippen molar-refractivity contribution in [1.29, 1.82) is 0 Å². The van der Waals surface area contributed by atoms with Gasteiger partial charge in [0.1, 0.15) is 11.6 Å². The lowest BCUT2D eigenvalue weighted by molar-refractivity contribution is 0.258. The van der Waals surface area contributed by atoms with Crippen LogP contribution in [-0.4, -0.2) is 41.4 Å². The predicted octanol–water partition coefficient (Wildman–Crippen LogP) is 4.01. The zero-order valence-corrected chi connectivity index (χ0v) is 16.4. The van der Waals surface area contributed by atoms with Gasteiger partial charge < -0.3 is 18.9 Å². The van der Waals surface area contributed by atoms with E-state index in [-0.39, 0.29) is 0 Å². The molecular formula is C21H26N4O3. The van der Waals surface area contributed by atoms with E-state index in [1.54, 1.807) is 0 Å². The van der Waals surface area contributed by atoms with Gasteiger partial charge in [-0.1, -0.05) is 0 Å². The van der Waals surface area contributed by atoms with Crippen LogP contribution in [0.25, 0.3) is 11.0 Å². The van der Waals surface area contributed by atoms with E-state index in [2.05, 4.69) is 20.0 Å². The number of hydrogen-bond acceptors (Lipinski definition) is 7. The smallest absolute Gasteiger partial charge is 0.262 e. The minimum Gasteiger partial charge on any atom is -0.493 e. The molecule has 2 aromatic heterocycles. The molecule has 0 unspecified atom stereocenters. The van der Waals surface area contributed by atoms with Crippen LogP contribution in [0, 0.1) is 12.8 Å². The number of piperidine rings is 1. The molecule has 1 aliphatic heterocycles. The fraction of sp³-hybridized carbons (Fsp3) is 0.476. The Kier molecular flexibility index (Phi) is 5.60. The van der Waals surface area contributed by atoms with Gasteiger partial charge in [-0.2, -0.15) is 0 Å². The molecule has 0 N–H and O–H groups in total. The maximum Gasteiger partial charge on any atom is 0.262 e. The van der Waals surface area contributed by atoms with Gasteiger partial charge in [-0.15, -0.1) is 0 Å². The maximum absolute atomic E-state index is 5.95. The highest BCUT2D eigenvalue weighted by atomic mass is 16.5. The van der Waals surface area contributed by atoms with Crippen molar-refractivity contribution in [3.8, 4) is 11.6 Å². The van der Waals surface area contributed by atoms with Gasteiger partial charge >= 0.3 is 0 Å². The molecule has 0 atom stereocenters. The summed E-state index contributed by atoms with van der Waals surface area (Å²) in [7, 11) is 0. The van der Waals surface area contributed by atoms with Crippen LogP contribution < -0.4 is 14.4 Å². The second kappa shape index (κ2) is 8.46.